The Labute approximate surface area is 228 Å². The molecule has 3 saturated heterocycles. The minimum Gasteiger partial charge on any atom is -0.461 e. The molecule has 3 heterocycles. The lowest BCUT2D eigenvalue weighted by Crippen LogP contribution is -2.58. The van der Waals surface area contributed by atoms with Gasteiger partial charge in [0.25, 0.3) is 0 Å². The summed E-state index contributed by atoms with van der Waals surface area (Å²) in [5.41, 5.74) is -1.07. The van der Waals surface area contributed by atoms with Gasteiger partial charge in [0.15, 0.2) is 0 Å². The van der Waals surface area contributed by atoms with Crippen molar-refractivity contribution in [2.75, 3.05) is 26.3 Å². The molecule has 4 fully saturated rings. The van der Waals surface area contributed by atoms with E-state index >= 15 is 0 Å². The topological polar surface area (TPSA) is 96.4 Å². The highest BCUT2D eigenvalue weighted by molar-refractivity contribution is 9.09. The fraction of sp³-hybridized carbons (Fsp3) is 0.750. The standard InChI is InChI=1S/C28H41BrN2O6/c1-3-14-30(19-12-8-7-9-13-19)26(34)24-28-18-20(29)23(37-28)21(27(35)36-17-4-2)22(28)25(33)31(24)15-10-5-6-11-16-32/h3-4,19-24,32H,1-2,5-18H2/t20?,21-,22-,23-,24?,28?/m0/s1. The smallest absolute Gasteiger partial charge is 0.312 e. The molecule has 1 saturated carbocycles. The summed E-state index contributed by atoms with van der Waals surface area (Å²) in [4.78, 5) is 45.1. The molecular weight excluding hydrogens is 540 g/mol. The van der Waals surface area contributed by atoms with Crippen molar-refractivity contribution in [3.05, 3.63) is 25.3 Å². The summed E-state index contributed by atoms with van der Waals surface area (Å²) in [6.45, 7) is 8.57. The Kier molecular flexibility index (Phi) is 9.51. The number of amides is 2. The molecule has 4 aliphatic rings. The number of unbranched alkanes of at least 4 members (excludes halogenated alkanes) is 3. The number of aliphatic hydroxyl groups excluding tert-OH is 1. The van der Waals surface area contributed by atoms with Crippen LogP contribution in [0, 0.1) is 11.8 Å². The van der Waals surface area contributed by atoms with E-state index in [-0.39, 0.29) is 35.9 Å². The van der Waals surface area contributed by atoms with E-state index in [1.807, 2.05) is 4.90 Å². The zero-order chi connectivity index (χ0) is 26.6. The number of likely N-dealkylation sites (tertiary alicyclic amines) is 1. The van der Waals surface area contributed by atoms with Crippen LogP contribution in [0.5, 0.6) is 0 Å². The molecule has 0 aromatic carbocycles. The van der Waals surface area contributed by atoms with E-state index in [0.29, 0.717) is 25.9 Å². The second-order valence-electron chi connectivity index (χ2n) is 10.8. The van der Waals surface area contributed by atoms with Gasteiger partial charge in [0.2, 0.25) is 11.8 Å². The summed E-state index contributed by atoms with van der Waals surface area (Å²) >= 11 is 3.70. The van der Waals surface area contributed by atoms with Crippen LogP contribution in [0.3, 0.4) is 0 Å². The van der Waals surface area contributed by atoms with Gasteiger partial charge in [-0.15, -0.1) is 6.58 Å². The zero-order valence-corrected chi connectivity index (χ0v) is 23.3. The summed E-state index contributed by atoms with van der Waals surface area (Å²) in [6, 6.07) is -0.671. The fourth-order valence-electron chi connectivity index (χ4n) is 7.01. The van der Waals surface area contributed by atoms with E-state index in [2.05, 4.69) is 29.1 Å². The van der Waals surface area contributed by atoms with Crippen molar-refractivity contribution >= 4 is 33.7 Å². The van der Waals surface area contributed by atoms with Gasteiger partial charge in [-0.1, -0.05) is 66.8 Å². The first-order chi connectivity index (χ1) is 17.9. The summed E-state index contributed by atoms with van der Waals surface area (Å²) in [7, 11) is 0. The van der Waals surface area contributed by atoms with Gasteiger partial charge < -0.3 is 24.4 Å². The van der Waals surface area contributed by atoms with Crippen molar-refractivity contribution in [1.82, 2.24) is 9.80 Å². The van der Waals surface area contributed by atoms with Gasteiger partial charge in [0.1, 0.15) is 18.2 Å². The van der Waals surface area contributed by atoms with Gasteiger partial charge in [-0.3, -0.25) is 14.4 Å². The van der Waals surface area contributed by atoms with Crippen LogP contribution >= 0.6 is 15.9 Å². The van der Waals surface area contributed by atoms with Crippen molar-refractivity contribution in [3.63, 3.8) is 0 Å². The molecule has 3 aliphatic heterocycles. The maximum Gasteiger partial charge on any atom is 0.312 e. The highest BCUT2D eigenvalue weighted by Crippen LogP contribution is 2.60. The maximum absolute atomic E-state index is 14.4. The average Bonchev–Trinajstić information content (AvgIpc) is 3.49. The molecule has 206 valence electrons. The van der Waals surface area contributed by atoms with Gasteiger partial charge in [-0.05, 0) is 32.1 Å². The molecule has 0 radical (unpaired) electrons. The van der Waals surface area contributed by atoms with Crippen LogP contribution in [0.4, 0.5) is 0 Å². The van der Waals surface area contributed by atoms with Crippen LogP contribution in [-0.4, -0.2) is 87.6 Å². The third-order valence-corrected chi connectivity index (χ3v) is 9.41. The summed E-state index contributed by atoms with van der Waals surface area (Å²) < 4.78 is 12.0. The van der Waals surface area contributed by atoms with Crippen LogP contribution in [-0.2, 0) is 23.9 Å². The predicted octanol–water partition coefficient (Wildman–Crippen LogP) is 3.36. The van der Waals surface area contributed by atoms with E-state index in [1.165, 1.54) is 12.5 Å². The van der Waals surface area contributed by atoms with Crippen molar-refractivity contribution < 1.29 is 29.0 Å². The minimum atomic E-state index is -1.07. The first-order valence-corrected chi connectivity index (χ1v) is 14.7. The van der Waals surface area contributed by atoms with Crippen LogP contribution < -0.4 is 0 Å². The zero-order valence-electron chi connectivity index (χ0n) is 21.7. The number of hydrogen-bond donors (Lipinski definition) is 1. The molecule has 8 nitrogen and oxygen atoms in total. The van der Waals surface area contributed by atoms with E-state index in [1.54, 1.807) is 11.0 Å². The van der Waals surface area contributed by atoms with Crippen molar-refractivity contribution in [1.29, 1.82) is 0 Å². The van der Waals surface area contributed by atoms with Crippen molar-refractivity contribution in [2.24, 2.45) is 11.8 Å². The molecule has 37 heavy (non-hydrogen) atoms. The number of halogens is 1. The van der Waals surface area contributed by atoms with Gasteiger partial charge >= 0.3 is 5.97 Å². The number of nitrogens with zero attached hydrogens (tertiary/aromatic N) is 2. The van der Waals surface area contributed by atoms with Crippen LogP contribution in [0.1, 0.15) is 64.2 Å². The number of carbonyl (C=O) groups is 3. The number of alkyl halides is 1. The first kappa shape index (κ1) is 28.3. The molecule has 1 aliphatic carbocycles. The molecule has 1 spiro atoms. The molecule has 4 rings (SSSR count). The van der Waals surface area contributed by atoms with Gasteiger partial charge in [-0.25, -0.2) is 0 Å². The Morgan fingerprint density at radius 3 is 2.57 bits per heavy atom. The molecule has 1 N–H and O–H groups in total. The molecule has 0 aromatic heterocycles. The molecule has 3 unspecified atom stereocenters. The number of fused-ring (bicyclic) bond motifs is 1. The Morgan fingerprint density at radius 1 is 1.16 bits per heavy atom. The number of hydrogen-bond acceptors (Lipinski definition) is 6. The fourth-order valence-corrected chi connectivity index (χ4v) is 7.95. The number of carbonyl (C=O) groups excluding carboxylic acids is 3. The number of esters is 1. The Hall–Kier alpha value is -1.71. The second-order valence-corrected chi connectivity index (χ2v) is 12.0. The van der Waals surface area contributed by atoms with Gasteiger partial charge in [-0.2, -0.15) is 0 Å². The summed E-state index contributed by atoms with van der Waals surface area (Å²) in [5, 5.41) is 9.12. The monoisotopic (exact) mass is 580 g/mol. The third kappa shape index (κ3) is 5.28. The van der Waals surface area contributed by atoms with E-state index in [0.717, 1.165) is 44.9 Å². The van der Waals surface area contributed by atoms with Crippen LogP contribution in [0.2, 0.25) is 0 Å². The number of aliphatic hydroxyl groups is 1. The van der Waals surface area contributed by atoms with Gasteiger partial charge in [0.05, 0.1) is 17.9 Å². The molecular formula is C28H41BrN2O6. The van der Waals surface area contributed by atoms with Crippen LogP contribution in [0.15, 0.2) is 25.3 Å². The Bertz CT molecular complexity index is 877. The van der Waals surface area contributed by atoms with E-state index < -0.39 is 35.6 Å². The molecule has 2 amide bonds. The second kappa shape index (κ2) is 12.4. The van der Waals surface area contributed by atoms with Gasteiger partial charge in [0, 0.05) is 30.6 Å². The largest absolute Gasteiger partial charge is 0.461 e. The van der Waals surface area contributed by atoms with Crippen molar-refractivity contribution in [2.45, 2.75) is 92.8 Å². The maximum atomic E-state index is 14.4. The SMILES string of the molecule is C=CCOC(=O)[C@H]1[C@H]2C(=O)N(CCCCCCO)C(C(=O)N(CC=C)C3CCCCC3)C23CC(Br)[C@@H]1O3. The minimum absolute atomic E-state index is 0.0641. The molecule has 9 heteroatoms. The lowest BCUT2D eigenvalue weighted by atomic mass is 9.70. The Balaban J connectivity index is 1.67. The summed E-state index contributed by atoms with van der Waals surface area (Å²) in [5.74, 6) is -2.26. The Morgan fingerprint density at radius 2 is 1.89 bits per heavy atom. The molecule has 0 aromatic rings. The highest BCUT2D eigenvalue weighted by Gasteiger charge is 2.77. The molecule has 6 atom stereocenters. The summed E-state index contributed by atoms with van der Waals surface area (Å²) in [6.07, 6.45) is 11.6. The first-order valence-electron chi connectivity index (χ1n) is 13.8. The average molecular weight is 582 g/mol. The normalized spacial score (nSPS) is 32.9. The van der Waals surface area contributed by atoms with Crippen molar-refractivity contribution in [3.8, 4) is 0 Å². The lowest BCUT2D eigenvalue weighted by Gasteiger charge is -2.41. The number of ether oxygens (including phenoxy) is 2. The predicted molar refractivity (Wildman–Crippen MR) is 143 cm³/mol. The highest BCUT2D eigenvalue weighted by atomic mass is 79.9. The molecule has 2 bridgehead atoms. The van der Waals surface area contributed by atoms with Crippen LogP contribution in [0.25, 0.3) is 0 Å². The van der Waals surface area contributed by atoms with E-state index in [4.69, 9.17) is 14.6 Å². The van der Waals surface area contributed by atoms with E-state index in [9.17, 15) is 14.4 Å². The third-order valence-electron chi connectivity index (χ3n) is 8.57. The quantitative estimate of drug-likeness (QED) is 0.155. The number of rotatable bonds is 13. The lowest BCUT2D eigenvalue weighted by molar-refractivity contribution is -0.154.